The third kappa shape index (κ3) is 3.65. The molecule has 1 heterocycles. The minimum absolute atomic E-state index is 0.109. The molecule has 0 saturated carbocycles. The third-order valence-electron chi connectivity index (χ3n) is 3.54. The van der Waals surface area contributed by atoms with Gasteiger partial charge in [0.1, 0.15) is 0 Å². The standard InChI is InChI=1S/C13H18ClN3O2/c1-9-10(2-3-12-8-15-4-5-16-12)6-11(14)7-13(9)17(18)19/h6-7,12,15-16H,2-5,8H2,1H3. The van der Waals surface area contributed by atoms with Gasteiger partial charge in [0.2, 0.25) is 0 Å². The average Bonchev–Trinajstić information content (AvgIpc) is 2.40. The van der Waals surface area contributed by atoms with Gasteiger partial charge in [0.25, 0.3) is 5.69 Å². The zero-order valence-corrected chi connectivity index (χ0v) is 11.7. The molecule has 0 amide bonds. The van der Waals surface area contributed by atoms with Crippen LogP contribution in [0, 0.1) is 17.0 Å². The van der Waals surface area contributed by atoms with Crippen molar-refractivity contribution in [2.24, 2.45) is 0 Å². The van der Waals surface area contributed by atoms with Crippen LogP contribution >= 0.6 is 11.6 Å². The van der Waals surface area contributed by atoms with Crippen molar-refractivity contribution in [1.29, 1.82) is 0 Å². The molecule has 1 aliphatic heterocycles. The van der Waals surface area contributed by atoms with Gasteiger partial charge >= 0.3 is 0 Å². The molecule has 1 saturated heterocycles. The Balaban J connectivity index is 2.08. The summed E-state index contributed by atoms with van der Waals surface area (Å²) in [5.74, 6) is 0. The highest BCUT2D eigenvalue weighted by Gasteiger charge is 2.17. The van der Waals surface area contributed by atoms with E-state index in [0.29, 0.717) is 11.1 Å². The highest BCUT2D eigenvalue weighted by Crippen LogP contribution is 2.27. The van der Waals surface area contributed by atoms with Crippen LogP contribution < -0.4 is 10.6 Å². The summed E-state index contributed by atoms with van der Waals surface area (Å²) in [7, 11) is 0. The van der Waals surface area contributed by atoms with Crippen LogP contribution in [0.5, 0.6) is 0 Å². The Labute approximate surface area is 117 Å². The molecule has 0 spiro atoms. The molecule has 6 heteroatoms. The molecule has 2 N–H and O–H groups in total. The number of benzene rings is 1. The number of halogens is 1. The smallest absolute Gasteiger partial charge is 0.274 e. The fraction of sp³-hybridized carbons (Fsp3) is 0.538. The summed E-state index contributed by atoms with van der Waals surface area (Å²) in [4.78, 5) is 10.6. The number of hydrogen-bond donors (Lipinski definition) is 2. The first-order valence-electron chi connectivity index (χ1n) is 6.45. The van der Waals surface area contributed by atoms with E-state index >= 15 is 0 Å². The number of hydrogen-bond acceptors (Lipinski definition) is 4. The topological polar surface area (TPSA) is 67.2 Å². The second-order valence-electron chi connectivity index (χ2n) is 4.86. The maximum Gasteiger partial charge on any atom is 0.274 e. The molecule has 0 bridgehead atoms. The highest BCUT2D eigenvalue weighted by molar-refractivity contribution is 6.30. The van der Waals surface area contributed by atoms with Crippen LogP contribution in [-0.4, -0.2) is 30.6 Å². The summed E-state index contributed by atoms with van der Waals surface area (Å²) in [5, 5.41) is 18.2. The Morgan fingerprint density at radius 1 is 1.47 bits per heavy atom. The van der Waals surface area contributed by atoms with Crippen molar-refractivity contribution in [2.45, 2.75) is 25.8 Å². The first-order valence-corrected chi connectivity index (χ1v) is 6.83. The van der Waals surface area contributed by atoms with E-state index in [4.69, 9.17) is 11.6 Å². The lowest BCUT2D eigenvalue weighted by molar-refractivity contribution is -0.385. The maximum absolute atomic E-state index is 11.0. The van der Waals surface area contributed by atoms with Crippen LogP contribution in [0.25, 0.3) is 0 Å². The van der Waals surface area contributed by atoms with Gasteiger partial charge in [-0.15, -0.1) is 0 Å². The largest absolute Gasteiger partial charge is 0.314 e. The lowest BCUT2D eigenvalue weighted by Crippen LogP contribution is -2.48. The molecule has 19 heavy (non-hydrogen) atoms. The molecule has 1 atom stereocenters. The van der Waals surface area contributed by atoms with E-state index in [1.807, 2.05) is 6.07 Å². The zero-order valence-electron chi connectivity index (χ0n) is 10.9. The summed E-state index contributed by atoms with van der Waals surface area (Å²) < 4.78 is 0. The van der Waals surface area contributed by atoms with Gasteiger partial charge in [-0.3, -0.25) is 10.1 Å². The van der Waals surface area contributed by atoms with E-state index < -0.39 is 0 Å². The highest BCUT2D eigenvalue weighted by atomic mass is 35.5. The zero-order chi connectivity index (χ0) is 13.8. The second-order valence-corrected chi connectivity index (χ2v) is 5.30. The van der Waals surface area contributed by atoms with Crippen molar-refractivity contribution >= 4 is 17.3 Å². The van der Waals surface area contributed by atoms with E-state index in [1.54, 1.807) is 6.92 Å². The van der Waals surface area contributed by atoms with Gasteiger partial charge in [-0.25, -0.2) is 0 Å². The molecule has 2 rings (SSSR count). The minimum Gasteiger partial charge on any atom is -0.314 e. The van der Waals surface area contributed by atoms with Crippen molar-refractivity contribution in [2.75, 3.05) is 19.6 Å². The molecule has 0 aliphatic carbocycles. The summed E-state index contributed by atoms with van der Waals surface area (Å²) in [6, 6.07) is 3.67. The number of aryl methyl sites for hydroxylation is 1. The Hall–Kier alpha value is -1.17. The van der Waals surface area contributed by atoms with Gasteiger partial charge < -0.3 is 10.6 Å². The number of piperazine rings is 1. The van der Waals surface area contributed by atoms with Crippen molar-refractivity contribution in [3.8, 4) is 0 Å². The molecule has 1 aliphatic rings. The molecule has 1 unspecified atom stereocenters. The molecular formula is C13H18ClN3O2. The predicted molar refractivity (Wildman–Crippen MR) is 75.8 cm³/mol. The van der Waals surface area contributed by atoms with Gasteiger partial charge in [-0.1, -0.05) is 11.6 Å². The summed E-state index contributed by atoms with van der Waals surface area (Å²) in [6.45, 7) is 4.70. The quantitative estimate of drug-likeness (QED) is 0.656. The Bertz CT molecular complexity index is 473. The summed E-state index contributed by atoms with van der Waals surface area (Å²) >= 11 is 5.96. The Morgan fingerprint density at radius 3 is 2.89 bits per heavy atom. The lowest BCUT2D eigenvalue weighted by atomic mass is 9.99. The van der Waals surface area contributed by atoms with Crippen LogP contribution in [0.1, 0.15) is 17.5 Å². The molecule has 1 aromatic carbocycles. The normalized spacial score (nSPS) is 19.4. The van der Waals surface area contributed by atoms with Crippen molar-refractivity contribution in [1.82, 2.24) is 10.6 Å². The predicted octanol–water partition coefficient (Wildman–Crippen LogP) is 2.05. The number of nitrogens with zero attached hydrogens (tertiary/aromatic N) is 1. The molecule has 104 valence electrons. The molecule has 0 aromatic heterocycles. The van der Waals surface area contributed by atoms with Gasteiger partial charge in [0.05, 0.1) is 4.92 Å². The van der Waals surface area contributed by atoms with E-state index in [-0.39, 0.29) is 10.6 Å². The summed E-state index contributed by atoms with van der Waals surface area (Å²) in [6.07, 6.45) is 1.75. The van der Waals surface area contributed by atoms with Crippen LogP contribution in [0.4, 0.5) is 5.69 Å². The second kappa shape index (κ2) is 6.32. The van der Waals surface area contributed by atoms with Gasteiger partial charge in [0, 0.05) is 42.3 Å². The van der Waals surface area contributed by atoms with Crippen LogP contribution in [0.3, 0.4) is 0 Å². The SMILES string of the molecule is Cc1c(CCC2CNCCN2)cc(Cl)cc1[N+](=O)[O-]. The molecule has 0 radical (unpaired) electrons. The van der Waals surface area contributed by atoms with Gasteiger partial charge in [-0.05, 0) is 31.4 Å². The third-order valence-corrected chi connectivity index (χ3v) is 3.76. The molecule has 5 nitrogen and oxygen atoms in total. The van der Waals surface area contributed by atoms with Crippen molar-refractivity contribution in [3.05, 3.63) is 38.4 Å². The van der Waals surface area contributed by atoms with E-state index in [9.17, 15) is 10.1 Å². The van der Waals surface area contributed by atoms with Crippen molar-refractivity contribution in [3.63, 3.8) is 0 Å². The number of nitro benzene ring substituents is 1. The number of nitro groups is 1. The van der Waals surface area contributed by atoms with E-state index in [0.717, 1.165) is 43.6 Å². The average molecular weight is 284 g/mol. The lowest BCUT2D eigenvalue weighted by Gasteiger charge is -2.24. The van der Waals surface area contributed by atoms with Crippen LogP contribution in [0.15, 0.2) is 12.1 Å². The number of nitrogens with one attached hydrogen (secondary N) is 2. The molecular weight excluding hydrogens is 266 g/mol. The molecule has 1 fully saturated rings. The monoisotopic (exact) mass is 283 g/mol. The Kier molecular flexibility index (Phi) is 4.74. The van der Waals surface area contributed by atoms with Crippen LogP contribution in [-0.2, 0) is 6.42 Å². The minimum atomic E-state index is -0.370. The van der Waals surface area contributed by atoms with Gasteiger partial charge in [-0.2, -0.15) is 0 Å². The van der Waals surface area contributed by atoms with Crippen molar-refractivity contribution < 1.29 is 4.92 Å². The van der Waals surface area contributed by atoms with Gasteiger partial charge in [0.15, 0.2) is 0 Å². The fourth-order valence-electron chi connectivity index (χ4n) is 2.42. The fourth-order valence-corrected chi connectivity index (χ4v) is 2.65. The van der Waals surface area contributed by atoms with E-state index in [2.05, 4.69) is 10.6 Å². The first kappa shape index (κ1) is 14.2. The van der Waals surface area contributed by atoms with E-state index in [1.165, 1.54) is 6.07 Å². The number of rotatable bonds is 4. The summed E-state index contributed by atoms with van der Waals surface area (Å²) in [5.41, 5.74) is 1.79. The molecule has 1 aromatic rings. The van der Waals surface area contributed by atoms with Crippen LogP contribution in [0.2, 0.25) is 5.02 Å². The maximum atomic E-state index is 11.0. The Morgan fingerprint density at radius 2 is 2.26 bits per heavy atom. The first-order chi connectivity index (χ1) is 9.08.